The molecule has 0 unspecified atom stereocenters. The number of fused-ring (bicyclic) bond motifs is 1. The van der Waals surface area contributed by atoms with Crippen molar-refractivity contribution in [1.82, 2.24) is 9.55 Å². The normalized spacial score (nSPS) is 11.7. The second-order valence-corrected chi connectivity index (χ2v) is 5.87. The van der Waals surface area contributed by atoms with Crippen molar-refractivity contribution in [3.05, 3.63) is 62.9 Å². The maximum absolute atomic E-state index is 13.1. The van der Waals surface area contributed by atoms with E-state index in [1.54, 1.807) is 24.3 Å². The van der Waals surface area contributed by atoms with E-state index < -0.39 is 11.7 Å². The molecule has 8 heteroatoms. The molecule has 3 rings (SSSR count). The Morgan fingerprint density at radius 2 is 1.91 bits per heavy atom. The Morgan fingerprint density at radius 1 is 1.22 bits per heavy atom. The van der Waals surface area contributed by atoms with Crippen molar-refractivity contribution in [2.24, 2.45) is 0 Å². The number of alkyl halides is 3. The highest BCUT2D eigenvalue weighted by Gasteiger charge is 2.33. The Balaban J connectivity index is 2.40. The van der Waals surface area contributed by atoms with Gasteiger partial charge in [0.25, 0.3) is 0 Å². The first kappa shape index (κ1) is 15.8. The van der Waals surface area contributed by atoms with Crippen LogP contribution in [-0.2, 0) is 6.18 Å². The van der Waals surface area contributed by atoms with Crippen LogP contribution in [0.4, 0.5) is 19.1 Å². The van der Waals surface area contributed by atoms with E-state index in [1.807, 2.05) is 0 Å². The first-order chi connectivity index (χ1) is 10.8. The number of aromatic nitrogens is 2. The number of para-hydroxylation sites is 2. The molecule has 0 saturated heterocycles. The summed E-state index contributed by atoms with van der Waals surface area (Å²) in [5.74, 6) is -0.0562. The fourth-order valence-electron chi connectivity index (χ4n) is 2.23. The van der Waals surface area contributed by atoms with E-state index in [2.05, 4.69) is 25.8 Å². The molecule has 0 N–H and O–H groups in total. The highest BCUT2D eigenvalue weighted by molar-refractivity contribution is 9.10. The van der Waals surface area contributed by atoms with Crippen LogP contribution in [-0.4, -0.2) is 9.55 Å². The summed E-state index contributed by atoms with van der Waals surface area (Å²) in [6.45, 7) is 7.23. The van der Waals surface area contributed by atoms with Gasteiger partial charge in [0.2, 0.25) is 0 Å². The summed E-state index contributed by atoms with van der Waals surface area (Å²) in [5.41, 5.74) is 0.195. The number of hydrogen-bond donors (Lipinski definition) is 0. The Kier molecular flexibility index (Phi) is 3.82. The first-order valence-electron chi connectivity index (χ1n) is 6.24. The summed E-state index contributed by atoms with van der Waals surface area (Å²) >= 11 is 9.21. The zero-order valence-electron chi connectivity index (χ0n) is 11.2. The SMILES string of the molecule is [C-]#[N+]c1nc2ccccc2n1-c1cc(C(F)(F)F)cc(Br)c1Cl. The van der Waals surface area contributed by atoms with E-state index in [0.717, 1.165) is 12.1 Å². The van der Waals surface area contributed by atoms with Gasteiger partial charge in [0, 0.05) is 4.47 Å². The molecule has 0 radical (unpaired) electrons. The van der Waals surface area contributed by atoms with Gasteiger partial charge in [0.1, 0.15) is 11.2 Å². The maximum Gasteiger partial charge on any atom is 0.416 e. The molecule has 3 aromatic rings. The van der Waals surface area contributed by atoms with E-state index in [-0.39, 0.29) is 21.1 Å². The summed E-state index contributed by atoms with van der Waals surface area (Å²) in [6.07, 6.45) is -4.53. The Labute approximate surface area is 142 Å². The second kappa shape index (κ2) is 5.55. The van der Waals surface area contributed by atoms with Crippen LogP contribution in [0, 0.1) is 6.57 Å². The number of hydrogen-bond acceptors (Lipinski definition) is 1. The van der Waals surface area contributed by atoms with Crippen LogP contribution >= 0.6 is 27.5 Å². The molecule has 0 spiro atoms. The molecule has 116 valence electrons. The number of rotatable bonds is 1. The van der Waals surface area contributed by atoms with Gasteiger partial charge in [0.15, 0.2) is 5.52 Å². The van der Waals surface area contributed by atoms with Crippen LogP contribution in [0.15, 0.2) is 40.9 Å². The average Bonchev–Trinajstić information content (AvgIpc) is 2.87. The zero-order valence-corrected chi connectivity index (χ0v) is 13.5. The van der Waals surface area contributed by atoms with E-state index in [1.165, 1.54) is 4.57 Å². The number of imidazole rings is 1. The Hall–Kier alpha value is -2.04. The lowest BCUT2D eigenvalue weighted by Crippen LogP contribution is -2.07. The molecular weight excluding hydrogens is 395 g/mol. The summed E-state index contributed by atoms with van der Waals surface area (Å²) in [7, 11) is 0. The lowest BCUT2D eigenvalue weighted by molar-refractivity contribution is -0.137. The van der Waals surface area contributed by atoms with E-state index >= 15 is 0 Å². The fraction of sp³-hybridized carbons (Fsp3) is 0.0667. The molecule has 23 heavy (non-hydrogen) atoms. The van der Waals surface area contributed by atoms with Crippen molar-refractivity contribution in [3.63, 3.8) is 0 Å². The predicted octanol–water partition coefficient (Wildman–Crippen LogP) is 6.01. The quantitative estimate of drug-likeness (QED) is 0.459. The van der Waals surface area contributed by atoms with Crippen molar-refractivity contribution in [2.75, 3.05) is 0 Å². The molecule has 1 aromatic heterocycles. The fourth-order valence-corrected chi connectivity index (χ4v) is 2.87. The molecular formula is C15H6BrClF3N3. The number of benzene rings is 2. The summed E-state index contributed by atoms with van der Waals surface area (Å²) < 4.78 is 40.6. The third kappa shape index (κ3) is 2.69. The van der Waals surface area contributed by atoms with Gasteiger partial charge in [-0.3, -0.25) is 4.57 Å². The van der Waals surface area contributed by atoms with Crippen molar-refractivity contribution < 1.29 is 13.2 Å². The van der Waals surface area contributed by atoms with Crippen molar-refractivity contribution >= 4 is 44.5 Å². The molecule has 0 aliphatic heterocycles. The van der Waals surface area contributed by atoms with Crippen LogP contribution in [0.25, 0.3) is 21.6 Å². The highest BCUT2D eigenvalue weighted by atomic mass is 79.9. The van der Waals surface area contributed by atoms with E-state index in [9.17, 15) is 13.2 Å². The Bertz CT molecular complexity index is 957. The lowest BCUT2D eigenvalue weighted by Gasteiger charge is -2.13. The standard InChI is InChI=1S/C15H6BrClF3N3/c1-21-14-22-10-4-2-3-5-11(10)23(14)12-7-8(15(18,19)20)6-9(16)13(12)17/h2-7H. The maximum atomic E-state index is 13.1. The van der Waals surface area contributed by atoms with Gasteiger partial charge >= 0.3 is 12.1 Å². The van der Waals surface area contributed by atoms with Crippen molar-refractivity contribution in [1.29, 1.82) is 0 Å². The van der Waals surface area contributed by atoms with Crippen LogP contribution in [0.1, 0.15) is 5.56 Å². The van der Waals surface area contributed by atoms with Crippen LogP contribution in [0.5, 0.6) is 0 Å². The molecule has 0 aliphatic carbocycles. The molecule has 0 saturated carbocycles. The summed E-state index contributed by atoms with van der Waals surface area (Å²) in [6, 6.07) is 8.61. The molecule has 0 bridgehead atoms. The smallest absolute Gasteiger partial charge is 0.396 e. The predicted molar refractivity (Wildman–Crippen MR) is 85.0 cm³/mol. The molecule has 0 atom stereocenters. The lowest BCUT2D eigenvalue weighted by atomic mass is 10.2. The number of nitrogens with zero attached hydrogens (tertiary/aromatic N) is 3. The van der Waals surface area contributed by atoms with Crippen LogP contribution in [0.3, 0.4) is 0 Å². The summed E-state index contributed by atoms with van der Waals surface area (Å²) in [4.78, 5) is 7.42. The summed E-state index contributed by atoms with van der Waals surface area (Å²) in [5, 5.41) is 0.0750. The second-order valence-electron chi connectivity index (χ2n) is 4.64. The van der Waals surface area contributed by atoms with Gasteiger partial charge in [-0.05, 0) is 40.2 Å². The molecule has 1 heterocycles. The minimum atomic E-state index is -4.53. The molecule has 3 nitrogen and oxygen atoms in total. The van der Waals surface area contributed by atoms with Gasteiger partial charge in [-0.25, -0.2) is 0 Å². The average molecular weight is 401 g/mol. The van der Waals surface area contributed by atoms with Crippen LogP contribution in [0.2, 0.25) is 5.02 Å². The minimum absolute atomic E-state index is 0.0491. The molecule has 0 amide bonds. The third-order valence-electron chi connectivity index (χ3n) is 3.22. The van der Waals surface area contributed by atoms with Gasteiger partial charge in [-0.1, -0.05) is 23.7 Å². The molecule has 0 aliphatic rings. The van der Waals surface area contributed by atoms with Gasteiger partial charge in [-0.15, -0.1) is 11.6 Å². The van der Waals surface area contributed by atoms with Gasteiger partial charge < -0.3 is 4.85 Å². The van der Waals surface area contributed by atoms with E-state index in [0.29, 0.717) is 11.0 Å². The van der Waals surface area contributed by atoms with Crippen molar-refractivity contribution in [2.45, 2.75) is 6.18 Å². The molecule has 0 fully saturated rings. The van der Waals surface area contributed by atoms with Crippen LogP contribution < -0.4 is 0 Å². The monoisotopic (exact) mass is 399 g/mol. The Morgan fingerprint density at radius 3 is 2.57 bits per heavy atom. The first-order valence-corrected chi connectivity index (χ1v) is 7.41. The topological polar surface area (TPSA) is 22.2 Å². The van der Waals surface area contributed by atoms with Gasteiger partial charge in [-0.2, -0.15) is 13.2 Å². The minimum Gasteiger partial charge on any atom is -0.396 e. The highest BCUT2D eigenvalue weighted by Crippen LogP contribution is 2.40. The zero-order chi connectivity index (χ0) is 16.8. The number of halogens is 5. The largest absolute Gasteiger partial charge is 0.416 e. The van der Waals surface area contributed by atoms with Crippen molar-refractivity contribution in [3.8, 4) is 5.69 Å². The molecule has 2 aromatic carbocycles. The van der Waals surface area contributed by atoms with Gasteiger partial charge in [0.05, 0.1) is 10.6 Å². The van der Waals surface area contributed by atoms with E-state index in [4.69, 9.17) is 18.2 Å². The third-order valence-corrected chi connectivity index (χ3v) is 4.47.